The fourth-order valence-corrected chi connectivity index (χ4v) is 5.67. The van der Waals surface area contributed by atoms with E-state index in [9.17, 15) is 41.0 Å². The van der Waals surface area contributed by atoms with Gasteiger partial charge in [-0.25, -0.2) is 0 Å². The third-order valence-corrected chi connectivity index (χ3v) is 7.85. The molecule has 2 N–H and O–H groups in total. The minimum absolute atomic E-state index is 0.0349. The van der Waals surface area contributed by atoms with Gasteiger partial charge in [-0.3, -0.25) is 9.59 Å². The highest BCUT2D eigenvalue weighted by molar-refractivity contribution is 6.03. The largest absolute Gasteiger partial charge is 0.416 e. The van der Waals surface area contributed by atoms with Gasteiger partial charge in [-0.15, -0.1) is 0 Å². The van der Waals surface area contributed by atoms with Crippen LogP contribution in [0, 0.1) is 0 Å². The Labute approximate surface area is 251 Å². The molecule has 2 amide bonds. The second-order valence-corrected chi connectivity index (χ2v) is 11.3. The number of nitrogens with one attached hydrogen (secondary N) is 1. The lowest BCUT2D eigenvalue weighted by atomic mass is 9.67. The van der Waals surface area contributed by atoms with Gasteiger partial charge in [0.1, 0.15) is 0 Å². The molecule has 0 radical (unpaired) electrons. The van der Waals surface area contributed by atoms with Crippen LogP contribution in [0.5, 0.6) is 0 Å². The summed E-state index contributed by atoms with van der Waals surface area (Å²) >= 11 is 0. The zero-order valence-electron chi connectivity index (χ0n) is 24.4. The third-order valence-electron chi connectivity index (χ3n) is 7.85. The van der Waals surface area contributed by atoms with E-state index in [4.69, 9.17) is 0 Å². The maximum absolute atomic E-state index is 14.1. The number of rotatable bonds is 9. The molecule has 2 atom stereocenters. The van der Waals surface area contributed by atoms with E-state index in [1.807, 2.05) is 19.0 Å². The van der Waals surface area contributed by atoms with Crippen LogP contribution < -0.4 is 5.32 Å². The van der Waals surface area contributed by atoms with Gasteiger partial charge in [0.15, 0.2) is 0 Å². The molecule has 3 aromatic carbocycles. The molecule has 0 aromatic heterocycles. The maximum Gasteiger partial charge on any atom is 0.416 e. The minimum atomic E-state index is -5.07. The number of alkyl halides is 6. The van der Waals surface area contributed by atoms with Crippen LogP contribution in [-0.4, -0.2) is 53.9 Å². The van der Waals surface area contributed by atoms with Gasteiger partial charge in [-0.1, -0.05) is 42.5 Å². The van der Waals surface area contributed by atoms with Crippen LogP contribution in [0.2, 0.25) is 0 Å². The smallest absolute Gasteiger partial charge is 0.392 e. The average Bonchev–Trinajstić information content (AvgIpc) is 2.97. The van der Waals surface area contributed by atoms with Gasteiger partial charge in [0.05, 0.1) is 29.2 Å². The number of carbonyl (C=O) groups is 2. The summed E-state index contributed by atoms with van der Waals surface area (Å²) in [6.07, 6.45) is -9.54. The lowest BCUT2D eigenvalue weighted by Gasteiger charge is -2.48. The summed E-state index contributed by atoms with van der Waals surface area (Å²) < 4.78 is 82.2. The van der Waals surface area contributed by atoms with Crippen LogP contribution in [-0.2, 0) is 35.7 Å². The summed E-state index contributed by atoms with van der Waals surface area (Å²) in [5.41, 5.74) is -3.46. The molecule has 1 aliphatic heterocycles. The molecule has 236 valence electrons. The van der Waals surface area contributed by atoms with E-state index in [1.54, 1.807) is 49.4 Å². The van der Waals surface area contributed by atoms with Crippen LogP contribution in [0.25, 0.3) is 0 Å². The van der Waals surface area contributed by atoms with Crippen molar-refractivity contribution in [3.8, 4) is 0 Å². The molecule has 4 rings (SSSR count). The number of fused-ring (bicyclic) bond motifs is 1. The normalized spacial score (nSPS) is 18.8. The van der Waals surface area contributed by atoms with Gasteiger partial charge in [-0.2, -0.15) is 26.3 Å². The summed E-state index contributed by atoms with van der Waals surface area (Å²) in [5.74, 6) is -1.11. The standard InChI is InChI=1S/C32H33F6N3O3/c1-30(29(44)39-13-6-14-40(2)3)26-8-5-4-7-25(26)28(43)41(27(30)22-11-9-20(19-42)10-12-22)18-21-15-23(31(33,34)35)17-24(16-21)32(36,37)38/h4-5,7-12,15-17,27,42H,6,13-14,18-19H2,1-3H3,(H,39,44)/t27-,30-/m0/s1. The second kappa shape index (κ2) is 12.6. The molecule has 0 spiro atoms. The first-order valence-corrected chi connectivity index (χ1v) is 13.9. The number of nitrogens with zero attached hydrogens (tertiary/aromatic N) is 2. The fourth-order valence-electron chi connectivity index (χ4n) is 5.67. The van der Waals surface area contributed by atoms with Crippen LogP contribution >= 0.6 is 0 Å². The van der Waals surface area contributed by atoms with Crippen molar-refractivity contribution in [2.24, 2.45) is 0 Å². The van der Waals surface area contributed by atoms with E-state index >= 15 is 0 Å². The van der Waals surface area contributed by atoms with E-state index in [0.29, 0.717) is 48.3 Å². The SMILES string of the molecule is CN(C)CCCNC(=O)[C@@]1(C)c2ccccc2C(=O)N(Cc2cc(C(F)(F)F)cc(C(F)(F)F)c2)[C@H]1c1ccc(CO)cc1. The Hall–Kier alpha value is -3.90. The summed E-state index contributed by atoms with van der Waals surface area (Å²) in [4.78, 5) is 31.3. The van der Waals surface area contributed by atoms with Crippen molar-refractivity contribution in [1.82, 2.24) is 15.1 Å². The Kier molecular flexibility index (Phi) is 9.46. The number of carbonyl (C=O) groups excluding carboxylic acids is 2. The Balaban J connectivity index is 1.90. The molecular weight excluding hydrogens is 588 g/mol. The molecule has 3 aromatic rings. The van der Waals surface area contributed by atoms with Crippen LogP contribution in [0.3, 0.4) is 0 Å². The second-order valence-electron chi connectivity index (χ2n) is 11.3. The van der Waals surface area contributed by atoms with Crippen molar-refractivity contribution in [3.63, 3.8) is 0 Å². The number of hydrogen-bond donors (Lipinski definition) is 2. The summed E-state index contributed by atoms with van der Waals surface area (Å²) in [5, 5.41) is 12.5. The maximum atomic E-state index is 14.1. The van der Waals surface area contributed by atoms with Gasteiger partial charge in [0.25, 0.3) is 5.91 Å². The van der Waals surface area contributed by atoms with Gasteiger partial charge in [0, 0.05) is 18.7 Å². The average molecular weight is 622 g/mol. The molecule has 0 aliphatic carbocycles. The van der Waals surface area contributed by atoms with Crippen molar-refractivity contribution in [1.29, 1.82) is 0 Å². The molecule has 0 saturated carbocycles. The Morgan fingerprint density at radius 2 is 1.52 bits per heavy atom. The topological polar surface area (TPSA) is 72.9 Å². The number of hydrogen-bond acceptors (Lipinski definition) is 4. The highest BCUT2D eigenvalue weighted by Gasteiger charge is 2.53. The molecule has 1 aliphatic rings. The fraction of sp³-hybridized carbons (Fsp3) is 0.375. The van der Waals surface area contributed by atoms with E-state index in [2.05, 4.69) is 5.32 Å². The van der Waals surface area contributed by atoms with Crippen molar-refractivity contribution >= 4 is 11.8 Å². The van der Waals surface area contributed by atoms with Crippen LogP contribution in [0.15, 0.2) is 66.7 Å². The van der Waals surface area contributed by atoms with Crippen molar-refractivity contribution < 1.29 is 41.0 Å². The first-order chi connectivity index (χ1) is 20.6. The predicted molar refractivity (Wildman–Crippen MR) is 151 cm³/mol. The number of halogens is 6. The zero-order valence-corrected chi connectivity index (χ0v) is 24.4. The van der Waals surface area contributed by atoms with Gasteiger partial charge >= 0.3 is 12.4 Å². The Morgan fingerprint density at radius 1 is 0.932 bits per heavy atom. The molecule has 6 nitrogen and oxygen atoms in total. The van der Waals surface area contributed by atoms with Crippen LogP contribution in [0.4, 0.5) is 26.3 Å². The molecule has 12 heteroatoms. The lowest BCUT2D eigenvalue weighted by molar-refractivity contribution is -0.143. The monoisotopic (exact) mass is 621 g/mol. The lowest BCUT2D eigenvalue weighted by Crippen LogP contribution is -2.57. The molecule has 0 saturated heterocycles. The van der Waals surface area contributed by atoms with Gasteiger partial charge in [-0.05, 0) is 80.5 Å². The van der Waals surface area contributed by atoms with E-state index < -0.39 is 58.9 Å². The van der Waals surface area contributed by atoms with Gasteiger partial charge in [0.2, 0.25) is 5.91 Å². The predicted octanol–water partition coefficient (Wildman–Crippen LogP) is 5.94. The van der Waals surface area contributed by atoms with E-state index in [-0.39, 0.29) is 18.2 Å². The number of benzene rings is 3. The van der Waals surface area contributed by atoms with Gasteiger partial charge < -0.3 is 20.2 Å². The Morgan fingerprint density at radius 3 is 2.07 bits per heavy atom. The molecule has 44 heavy (non-hydrogen) atoms. The molecule has 0 fully saturated rings. The van der Waals surface area contributed by atoms with Crippen LogP contribution in [0.1, 0.15) is 63.1 Å². The number of amides is 2. The zero-order chi connectivity index (χ0) is 32.4. The molecule has 1 heterocycles. The van der Waals surface area contributed by atoms with E-state index in [0.717, 1.165) is 4.90 Å². The highest BCUT2D eigenvalue weighted by Crippen LogP contribution is 2.48. The molecular formula is C32H33F6N3O3. The number of aliphatic hydroxyl groups is 1. The first kappa shape index (κ1) is 33.0. The molecule has 0 unspecified atom stereocenters. The summed E-state index contributed by atoms with van der Waals surface area (Å²) in [7, 11) is 3.77. The van der Waals surface area contributed by atoms with Crippen molar-refractivity contribution in [3.05, 3.63) is 106 Å². The number of aliphatic hydroxyl groups excluding tert-OH is 1. The quantitative estimate of drug-likeness (QED) is 0.229. The van der Waals surface area contributed by atoms with E-state index in [1.165, 1.54) is 6.07 Å². The summed E-state index contributed by atoms with van der Waals surface area (Å²) in [6, 6.07) is 12.8. The minimum Gasteiger partial charge on any atom is -0.392 e. The molecule has 0 bridgehead atoms. The van der Waals surface area contributed by atoms with Crippen molar-refractivity contribution in [2.75, 3.05) is 27.2 Å². The highest BCUT2D eigenvalue weighted by atomic mass is 19.4. The first-order valence-electron chi connectivity index (χ1n) is 13.9. The van der Waals surface area contributed by atoms with Crippen molar-refractivity contribution in [2.45, 2.75) is 50.3 Å². The third kappa shape index (κ3) is 6.76. The summed E-state index contributed by atoms with van der Waals surface area (Å²) in [6.45, 7) is 1.66. The Bertz CT molecular complexity index is 1470.